The van der Waals surface area contributed by atoms with Gasteiger partial charge in [-0.3, -0.25) is 4.79 Å². The summed E-state index contributed by atoms with van der Waals surface area (Å²) in [4.78, 5) is 44.9. The standard InChI is InChI=1S/C25H29N7O4/c1-2-36-24(34)21-11-14-32(29-21)20-8-6-19(7-9-20)28-25(35)27-13-10-23(33)31-17-15-30(16-18-31)22-5-3-4-12-26-22/h3-9,11-12,14H,2,10,13,15-18H2,1H3,(H2,27,28,35). The number of benzene rings is 1. The summed E-state index contributed by atoms with van der Waals surface area (Å²) in [5.74, 6) is 0.459. The van der Waals surface area contributed by atoms with Crippen LogP contribution in [0.25, 0.3) is 5.69 Å². The number of aromatic nitrogens is 3. The number of pyridine rings is 1. The maximum Gasteiger partial charge on any atom is 0.358 e. The van der Waals surface area contributed by atoms with E-state index in [2.05, 4.69) is 25.6 Å². The Labute approximate surface area is 209 Å². The van der Waals surface area contributed by atoms with Gasteiger partial charge in [0.1, 0.15) is 5.82 Å². The molecule has 1 aliphatic rings. The third-order valence-electron chi connectivity index (χ3n) is 5.69. The van der Waals surface area contributed by atoms with Crippen molar-refractivity contribution in [2.24, 2.45) is 0 Å². The monoisotopic (exact) mass is 491 g/mol. The first-order valence-electron chi connectivity index (χ1n) is 11.9. The average molecular weight is 492 g/mol. The predicted octanol–water partition coefficient (Wildman–Crippen LogP) is 2.30. The minimum absolute atomic E-state index is 0.0155. The van der Waals surface area contributed by atoms with E-state index in [0.29, 0.717) is 18.8 Å². The molecule has 0 spiro atoms. The van der Waals surface area contributed by atoms with Gasteiger partial charge in [-0.15, -0.1) is 0 Å². The Kier molecular flexibility index (Phi) is 8.12. The molecule has 3 amide bonds. The van der Waals surface area contributed by atoms with Crippen LogP contribution in [0.4, 0.5) is 16.3 Å². The number of nitrogens with zero attached hydrogens (tertiary/aromatic N) is 5. The van der Waals surface area contributed by atoms with E-state index in [1.807, 2.05) is 23.1 Å². The zero-order valence-electron chi connectivity index (χ0n) is 20.1. The van der Waals surface area contributed by atoms with Gasteiger partial charge in [0, 0.05) is 57.2 Å². The van der Waals surface area contributed by atoms with E-state index >= 15 is 0 Å². The normalized spacial score (nSPS) is 13.2. The van der Waals surface area contributed by atoms with Crippen molar-refractivity contribution < 1.29 is 19.1 Å². The minimum atomic E-state index is -0.476. The van der Waals surface area contributed by atoms with Crippen molar-refractivity contribution in [3.05, 3.63) is 66.6 Å². The fourth-order valence-corrected chi connectivity index (χ4v) is 3.82. The van der Waals surface area contributed by atoms with Crippen LogP contribution < -0.4 is 15.5 Å². The summed E-state index contributed by atoms with van der Waals surface area (Å²) in [6.45, 7) is 4.99. The number of piperazine rings is 1. The van der Waals surface area contributed by atoms with Gasteiger partial charge in [0.2, 0.25) is 5.91 Å². The summed E-state index contributed by atoms with van der Waals surface area (Å²) >= 11 is 0. The molecule has 1 aliphatic heterocycles. The lowest BCUT2D eigenvalue weighted by Gasteiger charge is -2.35. The number of rotatable bonds is 8. The molecule has 36 heavy (non-hydrogen) atoms. The Hall–Kier alpha value is -4.41. The molecule has 0 unspecified atom stereocenters. The second-order valence-electron chi connectivity index (χ2n) is 8.10. The van der Waals surface area contributed by atoms with E-state index in [-0.39, 0.29) is 37.2 Å². The number of urea groups is 1. The second-order valence-corrected chi connectivity index (χ2v) is 8.10. The minimum Gasteiger partial charge on any atom is -0.461 e. The number of amides is 3. The highest BCUT2D eigenvalue weighted by atomic mass is 16.5. The number of carbonyl (C=O) groups excluding carboxylic acids is 3. The van der Waals surface area contributed by atoms with Crippen molar-refractivity contribution in [1.82, 2.24) is 25.0 Å². The third-order valence-corrected chi connectivity index (χ3v) is 5.69. The number of hydrogen-bond donors (Lipinski definition) is 2. The first-order valence-corrected chi connectivity index (χ1v) is 11.9. The molecule has 2 aromatic heterocycles. The van der Waals surface area contributed by atoms with Crippen LogP contribution >= 0.6 is 0 Å². The molecule has 1 aromatic carbocycles. The van der Waals surface area contributed by atoms with Crippen LogP contribution in [0.5, 0.6) is 0 Å². The highest BCUT2D eigenvalue weighted by Gasteiger charge is 2.21. The Morgan fingerprint density at radius 1 is 1.00 bits per heavy atom. The lowest BCUT2D eigenvalue weighted by molar-refractivity contribution is -0.131. The van der Waals surface area contributed by atoms with Gasteiger partial charge in [-0.25, -0.2) is 19.3 Å². The van der Waals surface area contributed by atoms with Crippen LogP contribution in [0.2, 0.25) is 0 Å². The number of nitrogens with one attached hydrogen (secondary N) is 2. The Morgan fingerprint density at radius 2 is 1.78 bits per heavy atom. The zero-order valence-corrected chi connectivity index (χ0v) is 20.1. The molecular weight excluding hydrogens is 462 g/mol. The predicted molar refractivity (Wildman–Crippen MR) is 134 cm³/mol. The molecule has 1 fully saturated rings. The maximum atomic E-state index is 12.5. The fraction of sp³-hybridized carbons (Fsp3) is 0.320. The van der Waals surface area contributed by atoms with Crippen LogP contribution in [0, 0.1) is 0 Å². The van der Waals surface area contributed by atoms with Crippen molar-refractivity contribution in [1.29, 1.82) is 0 Å². The Bertz CT molecular complexity index is 1170. The molecule has 3 aromatic rings. The molecule has 0 radical (unpaired) electrons. The number of hydrogen-bond acceptors (Lipinski definition) is 7. The van der Waals surface area contributed by atoms with E-state index in [4.69, 9.17) is 4.74 Å². The van der Waals surface area contributed by atoms with Gasteiger partial charge in [-0.1, -0.05) is 6.07 Å². The molecule has 2 N–H and O–H groups in total. The molecule has 0 bridgehead atoms. The maximum absolute atomic E-state index is 12.5. The molecule has 188 valence electrons. The summed E-state index contributed by atoms with van der Waals surface area (Å²) in [5.41, 5.74) is 1.54. The Balaban J connectivity index is 1.18. The van der Waals surface area contributed by atoms with Crippen LogP contribution in [0.1, 0.15) is 23.8 Å². The molecular formula is C25H29N7O4. The van der Waals surface area contributed by atoms with E-state index in [9.17, 15) is 14.4 Å². The average Bonchev–Trinajstić information content (AvgIpc) is 3.40. The molecule has 0 saturated carbocycles. The summed E-state index contributed by atoms with van der Waals surface area (Å²) < 4.78 is 6.50. The quantitative estimate of drug-likeness (QED) is 0.464. The van der Waals surface area contributed by atoms with Crippen molar-refractivity contribution in [3.8, 4) is 5.69 Å². The number of ether oxygens (including phenoxy) is 1. The van der Waals surface area contributed by atoms with Gasteiger partial charge >= 0.3 is 12.0 Å². The largest absolute Gasteiger partial charge is 0.461 e. The fourth-order valence-electron chi connectivity index (χ4n) is 3.82. The molecule has 0 aliphatic carbocycles. The highest BCUT2D eigenvalue weighted by molar-refractivity contribution is 5.89. The highest BCUT2D eigenvalue weighted by Crippen LogP contribution is 2.14. The van der Waals surface area contributed by atoms with Crippen LogP contribution in [-0.4, -0.2) is 76.9 Å². The summed E-state index contributed by atoms with van der Waals surface area (Å²) in [6, 6.07) is 14.0. The SMILES string of the molecule is CCOC(=O)c1ccn(-c2ccc(NC(=O)NCCC(=O)N3CCN(c4ccccn4)CC3)cc2)n1. The van der Waals surface area contributed by atoms with Crippen LogP contribution in [0.15, 0.2) is 60.9 Å². The second kappa shape index (κ2) is 11.8. The Morgan fingerprint density at radius 3 is 2.47 bits per heavy atom. The van der Waals surface area contributed by atoms with Gasteiger partial charge < -0.3 is 25.2 Å². The summed E-state index contributed by atoms with van der Waals surface area (Å²) in [5, 5.41) is 9.67. The van der Waals surface area contributed by atoms with Gasteiger partial charge in [0.15, 0.2) is 5.69 Å². The van der Waals surface area contributed by atoms with Gasteiger partial charge in [-0.05, 0) is 49.4 Å². The van der Waals surface area contributed by atoms with E-state index in [1.54, 1.807) is 54.3 Å². The summed E-state index contributed by atoms with van der Waals surface area (Å²) in [7, 11) is 0. The van der Waals surface area contributed by atoms with Gasteiger partial charge in [-0.2, -0.15) is 5.10 Å². The van der Waals surface area contributed by atoms with Crippen molar-refractivity contribution in [2.45, 2.75) is 13.3 Å². The van der Waals surface area contributed by atoms with Gasteiger partial charge in [0.25, 0.3) is 0 Å². The first-order chi connectivity index (χ1) is 17.5. The number of carbonyl (C=O) groups is 3. The van der Waals surface area contributed by atoms with E-state index in [1.165, 1.54) is 0 Å². The number of esters is 1. The molecule has 4 rings (SSSR count). The molecule has 3 heterocycles. The molecule has 11 nitrogen and oxygen atoms in total. The zero-order chi connectivity index (χ0) is 25.3. The van der Waals surface area contributed by atoms with E-state index in [0.717, 1.165) is 24.6 Å². The van der Waals surface area contributed by atoms with Crippen LogP contribution in [-0.2, 0) is 9.53 Å². The molecule has 11 heteroatoms. The molecule has 1 saturated heterocycles. The number of anilines is 2. The van der Waals surface area contributed by atoms with Crippen molar-refractivity contribution in [3.63, 3.8) is 0 Å². The lowest BCUT2D eigenvalue weighted by Crippen LogP contribution is -2.49. The summed E-state index contributed by atoms with van der Waals surface area (Å²) in [6.07, 6.45) is 3.66. The third kappa shape index (κ3) is 6.38. The van der Waals surface area contributed by atoms with Crippen molar-refractivity contribution >= 4 is 29.4 Å². The first kappa shape index (κ1) is 24.7. The topological polar surface area (TPSA) is 122 Å². The smallest absolute Gasteiger partial charge is 0.358 e. The van der Waals surface area contributed by atoms with Crippen LogP contribution in [0.3, 0.4) is 0 Å². The lowest BCUT2D eigenvalue weighted by atomic mass is 10.2. The molecule has 0 atom stereocenters. The van der Waals surface area contributed by atoms with Gasteiger partial charge in [0.05, 0.1) is 12.3 Å². The van der Waals surface area contributed by atoms with E-state index < -0.39 is 5.97 Å². The van der Waals surface area contributed by atoms with Crippen molar-refractivity contribution in [2.75, 3.05) is 49.5 Å².